The lowest BCUT2D eigenvalue weighted by molar-refractivity contribution is -0.128. The topological polar surface area (TPSA) is 41.1 Å². The minimum Gasteiger partial charge on any atom is -0.352 e. The number of alkyl halides is 3. The van der Waals surface area contributed by atoms with Crippen LogP contribution in [0.25, 0.3) is 0 Å². The summed E-state index contributed by atoms with van der Waals surface area (Å²) in [6, 6.07) is 0.119. The molecule has 0 bridgehead atoms. The molecule has 1 fully saturated rings. The third-order valence-corrected chi connectivity index (χ3v) is 4.12. The van der Waals surface area contributed by atoms with Crippen molar-refractivity contribution in [3.05, 3.63) is 0 Å². The van der Waals surface area contributed by atoms with E-state index in [2.05, 4.69) is 16.9 Å². The van der Waals surface area contributed by atoms with Gasteiger partial charge in [0, 0.05) is 11.3 Å². The first-order valence-electron chi connectivity index (χ1n) is 6.00. The first-order valence-corrected chi connectivity index (χ1v) is 7.29. The quantitative estimate of drug-likeness (QED) is 0.810. The summed E-state index contributed by atoms with van der Waals surface area (Å²) in [6.45, 7) is -1.40. The Morgan fingerprint density at radius 1 is 1.28 bits per heavy atom. The normalized spacial score (nSPS) is 24.9. The van der Waals surface area contributed by atoms with Gasteiger partial charge >= 0.3 is 6.18 Å². The zero-order valence-corrected chi connectivity index (χ0v) is 11.2. The minimum absolute atomic E-state index is 0.119. The van der Waals surface area contributed by atoms with Crippen LogP contribution < -0.4 is 10.6 Å². The highest BCUT2D eigenvalue weighted by Gasteiger charge is 2.27. The number of nitrogens with one attached hydrogen (secondary N) is 2. The van der Waals surface area contributed by atoms with Crippen molar-refractivity contribution in [1.29, 1.82) is 0 Å². The van der Waals surface area contributed by atoms with Crippen molar-refractivity contribution in [2.75, 3.05) is 19.3 Å². The van der Waals surface area contributed by atoms with Gasteiger partial charge in [0.05, 0.1) is 13.1 Å². The van der Waals surface area contributed by atoms with E-state index in [9.17, 15) is 18.0 Å². The molecule has 3 nitrogen and oxygen atoms in total. The highest BCUT2D eigenvalue weighted by molar-refractivity contribution is 7.99. The van der Waals surface area contributed by atoms with Crippen LogP contribution in [0, 0.1) is 0 Å². The Morgan fingerprint density at radius 3 is 2.39 bits per heavy atom. The summed E-state index contributed by atoms with van der Waals surface area (Å²) in [5, 5.41) is 5.52. The second-order valence-corrected chi connectivity index (χ2v) is 5.63. The van der Waals surface area contributed by atoms with Crippen molar-refractivity contribution in [1.82, 2.24) is 10.6 Å². The maximum Gasteiger partial charge on any atom is 0.401 e. The first-order chi connectivity index (χ1) is 8.40. The van der Waals surface area contributed by atoms with Gasteiger partial charge in [-0.2, -0.15) is 24.9 Å². The fourth-order valence-electron chi connectivity index (χ4n) is 2.04. The second-order valence-electron chi connectivity index (χ2n) is 4.50. The molecule has 18 heavy (non-hydrogen) atoms. The number of hydrogen-bond acceptors (Lipinski definition) is 3. The van der Waals surface area contributed by atoms with E-state index in [1.165, 1.54) is 0 Å². The van der Waals surface area contributed by atoms with Crippen molar-refractivity contribution < 1.29 is 18.0 Å². The predicted molar refractivity (Wildman–Crippen MR) is 66.6 cm³/mol. The fourth-order valence-corrected chi connectivity index (χ4v) is 2.78. The van der Waals surface area contributed by atoms with Gasteiger partial charge in [-0.05, 0) is 31.9 Å². The summed E-state index contributed by atoms with van der Waals surface area (Å²) in [6.07, 6.45) is 1.75. The minimum atomic E-state index is -4.27. The molecule has 1 rings (SSSR count). The Morgan fingerprint density at radius 2 is 1.89 bits per heavy atom. The van der Waals surface area contributed by atoms with Crippen molar-refractivity contribution in [2.24, 2.45) is 0 Å². The number of halogens is 3. The van der Waals surface area contributed by atoms with E-state index in [0.29, 0.717) is 5.25 Å². The van der Waals surface area contributed by atoms with Gasteiger partial charge in [0.15, 0.2) is 0 Å². The Bertz CT molecular complexity index is 266. The summed E-state index contributed by atoms with van der Waals surface area (Å²) < 4.78 is 35.6. The van der Waals surface area contributed by atoms with E-state index in [4.69, 9.17) is 0 Å². The van der Waals surface area contributed by atoms with E-state index >= 15 is 0 Å². The van der Waals surface area contributed by atoms with E-state index in [1.54, 1.807) is 0 Å². The number of carbonyl (C=O) groups is 1. The molecule has 0 aromatic carbocycles. The van der Waals surface area contributed by atoms with Gasteiger partial charge < -0.3 is 10.6 Å². The van der Waals surface area contributed by atoms with Crippen molar-refractivity contribution >= 4 is 17.7 Å². The standard InChI is InChI=1S/C11H19F3N2OS/c1-18-9-4-2-8(3-5-9)16-10(17)6-15-7-11(12,13)14/h8-9,15H,2-7H2,1H3,(H,16,17). The fraction of sp³-hybridized carbons (Fsp3) is 0.909. The Labute approximate surface area is 109 Å². The molecule has 1 aliphatic rings. The summed E-state index contributed by atoms with van der Waals surface area (Å²) in [5.74, 6) is -0.355. The third kappa shape index (κ3) is 6.49. The highest BCUT2D eigenvalue weighted by Crippen LogP contribution is 2.26. The summed E-state index contributed by atoms with van der Waals surface area (Å²) in [7, 11) is 0. The monoisotopic (exact) mass is 284 g/mol. The predicted octanol–water partition coefficient (Wildman–Crippen LogP) is 1.93. The molecule has 0 atom stereocenters. The molecule has 0 heterocycles. The van der Waals surface area contributed by atoms with Crippen molar-refractivity contribution in [2.45, 2.75) is 43.2 Å². The molecule has 0 radical (unpaired) electrons. The summed E-state index contributed by atoms with van der Waals surface area (Å²) >= 11 is 1.83. The van der Waals surface area contributed by atoms with Crippen LogP contribution >= 0.6 is 11.8 Å². The van der Waals surface area contributed by atoms with E-state index < -0.39 is 12.7 Å². The Kier molecular flexibility index (Phi) is 6.28. The van der Waals surface area contributed by atoms with Gasteiger partial charge in [0.25, 0.3) is 0 Å². The smallest absolute Gasteiger partial charge is 0.352 e. The second kappa shape index (κ2) is 7.23. The molecule has 2 N–H and O–H groups in total. The lowest BCUT2D eigenvalue weighted by Gasteiger charge is -2.28. The maximum absolute atomic E-state index is 11.9. The largest absolute Gasteiger partial charge is 0.401 e. The molecule has 0 spiro atoms. The first kappa shape index (κ1) is 15.6. The molecule has 1 amide bonds. The van der Waals surface area contributed by atoms with Gasteiger partial charge in [-0.1, -0.05) is 0 Å². The summed E-state index contributed by atoms with van der Waals surface area (Å²) in [4.78, 5) is 11.4. The lowest BCUT2D eigenvalue weighted by Crippen LogP contribution is -2.44. The van der Waals surface area contributed by atoms with E-state index in [1.807, 2.05) is 11.8 Å². The Balaban J connectivity index is 2.13. The van der Waals surface area contributed by atoms with Crippen LogP contribution in [0.3, 0.4) is 0 Å². The number of amides is 1. The van der Waals surface area contributed by atoms with Crippen LogP contribution in [0.2, 0.25) is 0 Å². The molecule has 7 heteroatoms. The van der Waals surface area contributed by atoms with Crippen molar-refractivity contribution in [3.8, 4) is 0 Å². The molecule has 0 aliphatic heterocycles. The average Bonchev–Trinajstić information content (AvgIpc) is 2.28. The summed E-state index contributed by atoms with van der Waals surface area (Å²) in [5.41, 5.74) is 0. The molecule has 0 unspecified atom stereocenters. The molecule has 0 aromatic heterocycles. The molecule has 0 aromatic rings. The van der Waals surface area contributed by atoms with Crippen LogP contribution in [0.4, 0.5) is 13.2 Å². The third-order valence-electron chi connectivity index (χ3n) is 2.98. The van der Waals surface area contributed by atoms with E-state index in [0.717, 1.165) is 25.7 Å². The van der Waals surface area contributed by atoms with Crippen LogP contribution in [0.15, 0.2) is 0 Å². The molecular formula is C11H19F3N2OS. The van der Waals surface area contributed by atoms with Gasteiger partial charge in [-0.25, -0.2) is 0 Å². The molecular weight excluding hydrogens is 265 g/mol. The number of rotatable bonds is 5. The van der Waals surface area contributed by atoms with Crippen LogP contribution in [-0.4, -0.2) is 42.7 Å². The molecule has 1 saturated carbocycles. The average molecular weight is 284 g/mol. The van der Waals surface area contributed by atoms with Crippen LogP contribution in [0.1, 0.15) is 25.7 Å². The SMILES string of the molecule is CSC1CCC(NC(=O)CNCC(F)(F)F)CC1. The number of thioether (sulfide) groups is 1. The highest BCUT2D eigenvalue weighted by atomic mass is 32.2. The molecule has 0 saturated heterocycles. The van der Waals surface area contributed by atoms with Crippen LogP contribution in [-0.2, 0) is 4.79 Å². The zero-order valence-electron chi connectivity index (χ0n) is 10.3. The zero-order chi connectivity index (χ0) is 13.6. The molecule has 1 aliphatic carbocycles. The Hall–Kier alpha value is -0.430. The number of carbonyl (C=O) groups excluding carboxylic acids is 1. The van der Waals surface area contributed by atoms with Gasteiger partial charge in [-0.3, -0.25) is 4.79 Å². The number of hydrogen-bond donors (Lipinski definition) is 2. The van der Waals surface area contributed by atoms with Crippen LogP contribution in [0.5, 0.6) is 0 Å². The van der Waals surface area contributed by atoms with Gasteiger partial charge in [0.2, 0.25) is 5.91 Å². The maximum atomic E-state index is 11.9. The van der Waals surface area contributed by atoms with Gasteiger partial charge in [-0.15, -0.1) is 0 Å². The van der Waals surface area contributed by atoms with Gasteiger partial charge in [0.1, 0.15) is 0 Å². The molecule has 106 valence electrons. The van der Waals surface area contributed by atoms with Crippen molar-refractivity contribution in [3.63, 3.8) is 0 Å². The van der Waals surface area contributed by atoms with E-state index in [-0.39, 0.29) is 18.5 Å². The lowest BCUT2D eigenvalue weighted by atomic mass is 9.95.